The maximum absolute atomic E-state index is 12.4. The van der Waals surface area contributed by atoms with Gasteiger partial charge in [-0.3, -0.25) is 14.4 Å². The fourth-order valence-corrected chi connectivity index (χ4v) is 2.71. The van der Waals surface area contributed by atoms with Crippen LogP contribution in [0.2, 0.25) is 0 Å². The van der Waals surface area contributed by atoms with Crippen LogP contribution >= 0.6 is 0 Å². The Bertz CT molecular complexity index is 760. The number of carbonyl (C=O) groups is 3. The number of benzene rings is 2. The number of hydrogen-bond donors (Lipinski definition) is 0. The van der Waals surface area contributed by atoms with Gasteiger partial charge in [-0.2, -0.15) is 0 Å². The lowest BCUT2D eigenvalue weighted by Crippen LogP contribution is -2.29. The summed E-state index contributed by atoms with van der Waals surface area (Å²) in [6, 6.07) is 13.9. The van der Waals surface area contributed by atoms with Crippen LogP contribution in [0.15, 0.2) is 48.5 Å². The molecule has 0 aromatic heterocycles. The normalized spacial score (nSPS) is 13.1. The zero-order chi connectivity index (χ0) is 17.1. The van der Waals surface area contributed by atoms with E-state index in [9.17, 15) is 14.4 Å². The Morgan fingerprint density at radius 3 is 2.08 bits per heavy atom. The quantitative estimate of drug-likeness (QED) is 0.627. The van der Waals surface area contributed by atoms with E-state index in [4.69, 9.17) is 4.74 Å². The van der Waals surface area contributed by atoms with Crippen LogP contribution in [0, 0.1) is 0 Å². The molecule has 24 heavy (non-hydrogen) atoms. The van der Waals surface area contributed by atoms with E-state index < -0.39 is 0 Å². The van der Waals surface area contributed by atoms with Crippen LogP contribution < -0.4 is 4.90 Å². The molecule has 0 N–H and O–H groups in total. The molecule has 0 atom stereocenters. The van der Waals surface area contributed by atoms with Crippen molar-refractivity contribution in [3.8, 4) is 0 Å². The molecule has 2 aromatic carbocycles. The van der Waals surface area contributed by atoms with Gasteiger partial charge < -0.3 is 4.74 Å². The van der Waals surface area contributed by atoms with Gasteiger partial charge in [0.15, 0.2) is 0 Å². The summed E-state index contributed by atoms with van der Waals surface area (Å²) in [7, 11) is 0. The molecule has 122 valence electrons. The molecule has 5 heteroatoms. The van der Waals surface area contributed by atoms with Gasteiger partial charge in [0.05, 0.1) is 23.4 Å². The monoisotopic (exact) mass is 323 g/mol. The van der Waals surface area contributed by atoms with E-state index in [1.807, 2.05) is 12.1 Å². The van der Waals surface area contributed by atoms with E-state index >= 15 is 0 Å². The number of esters is 1. The van der Waals surface area contributed by atoms with Gasteiger partial charge in [0, 0.05) is 6.42 Å². The molecule has 0 radical (unpaired) electrons. The summed E-state index contributed by atoms with van der Waals surface area (Å²) in [6.45, 7) is 2.15. The SMILES string of the molecule is CCOC(=O)CCc1ccc(N2C(=O)c3ccccc3C2=O)cc1. The molecule has 0 saturated carbocycles. The number of anilines is 1. The number of carbonyl (C=O) groups excluding carboxylic acids is 3. The minimum atomic E-state index is -0.310. The minimum Gasteiger partial charge on any atom is -0.466 e. The number of aryl methyl sites for hydroxylation is 1. The maximum Gasteiger partial charge on any atom is 0.306 e. The average Bonchev–Trinajstić information content (AvgIpc) is 2.85. The second-order valence-electron chi connectivity index (χ2n) is 5.46. The summed E-state index contributed by atoms with van der Waals surface area (Å²) in [5.74, 6) is -0.855. The van der Waals surface area contributed by atoms with E-state index in [0.717, 1.165) is 5.56 Å². The predicted octanol–water partition coefficient (Wildman–Crippen LogP) is 2.98. The van der Waals surface area contributed by atoms with Crippen molar-refractivity contribution in [2.45, 2.75) is 19.8 Å². The number of hydrogen-bond acceptors (Lipinski definition) is 4. The number of amides is 2. The van der Waals surface area contributed by atoms with Gasteiger partial charge in [-0.05, 0) is 43.2 Å². The fourth-order valence-electron chi connectivity index (χ4n) is 2.71. The third-order valence-electron chi connectivity index (χ3n) is 3.91. The van der Waals surface area contributed by atoms with Crippen LogP contribution in [0.1, 0.15) is 39.6 Å². The third kappa shape index (κ3) is 2.93. The summed E-state index contributed by atoms with van der Waals surface area (Å²) >= 11 is 0. The van der Waals surface area contributed by atoms with Crippen LogP contribution in [0.4, 0.5) is 5.69 Å². The first-order chi connectivity index (χ1) is 11.6. The van der Waals surface area contributed by atoms with Gasteiger partial charge in [-0.15, -0.1) is 0 Å². The molecule has 0 spiro atoms. The van der Waals surface area contributed by atoms with E-state index in [2.05, 4.69) is 0 Å². The summed E-state index contributed by atoms with van der Waals surface area (Å²) < 4.78 is 4.90. The van der Waals surface area contributed by atoms with Crippen molar-refractivity contribution in [3.05, 3.63) is 65.2 Å². The number of ether oxygens (including phenoxy) is 1. The van der Waals surface area contributed by atoms with E-state index in [0.29, 0.717) is 36.3 Å². The molecule has 0 unspecified atom stereocenters. The molecule has 0 aliphatic carbocycles. The molecule has 0 bridgehead atoms. The smallest absolute Gasteiger partial charge is 0.306 e. The van der Waals surface area contributed by atoms with Crippen molar-refractivity contribution < 1.29 is 19.1 Å². The lowest BCUT2D eigenvalue weighted by atomic mass is 10.1. The zero-order valence-electron chi connectivity index (χ0n) is 13.3. The molecule has 1 aliphatic rings. The van der Waals surface area contributed by atoms with Crippen molar-refractivity contribution >= 4 is 23.5 Å². The van der Waals surface area contributed by atoms with Crippen molar-refractivity contribution in [2.75, 3.05) is 11.5 Å². The van der Waals surface area contributed by atoms with Gasteiger partial charge in [-0.25, -0.2) is 4.90 Å². The van der Waals surface area contributed by atoms with Crippen LogP contribution in [-0.2, 0) is 16.0 Å². The Morgan fingerprint density at radius 1 is 0.958 bits per heavy atom. The van der Waals surface area contributed by atoms with Crippen LogP contribution in [0.3, 0.4) is 0 Å². The molecule has 0 saturated heterocycles. The Hall–Kier alpha value is -2.95. The summed E-state index contributed by atoms with van der Waals surface area (Å²) in [5.41, 5.74) is 2.33. The number of nitrogens with zero attached hydrogens (tertiary/aromatic N) is 1. The summed E-state index contributed by atoms with van der Waals surface area (Å²) in [6.07, 6.45) is 0.863. The first-order valence-electron chi connectivity index (χ1n) is 7.84. The molecule has 2 aromatic rings. The topological polar surface area (TPSA) is 63.7 Å². The van der Waals surface area contributed by atoms with Crippen molar-refractivity contribution in [3.63, 3.8) is 0 Å². The maximum atomic E-state index is 12.4. The Balaban J connectivity index is 1.74. The minimum absolute atomic E-state index is 0.234. The van der Waals surface area contributed by atoms with Gasteiger partial charge >= 0.3 is 5.97 Å². The Morgan fingerprint density at radius 2 is 1.54 bits per heavy atom. The lowest BCUT2D eigenvalue weighted by Gasteiger charge is -2.14. The Kier molecular flexibility index (Phi) is 4.42. The molecule has 3 rings (SSSR count). The van der Waals surface area contributed by atoms with Gasteiger partial charge in [0.1, 0.15) is 0 Å². The van der Waals surface area contributed by atoms with Crippen molar-refractivity contribution in [1.82, 2.24) is 0 Å². The van der Waals surface area contributed by atoms with Crippen LogP contribution in [0.25, 0.3) is 0 Å². The first-order valence-corrected chi connectivity index (χ1v) is 7.84. The highest BCUT2D eigenvalue weighted by Gasteiger charge is 2.36. The second-order valence-corrected chi connectivity index (χ2v) is 5.46. The summed E-state index contributed by atoms with van der Waals surface area (Å²) in [5, 5.41) is 0. The molecule has 1 aliphatic heterocycles. The zero-order valence-corrected chi connectivity index (χ0v) is 13.3. The fraction of sp³-hybridized carbons (Fsp3) is 0.211. The number of fused-ring (bicyclic) bond motifs is 1. The van der Waals surface area contributed by atoms with Gasteiger partial charge in [0.2, 0.25) is 0 Å². The first kappa shape index (κ1) is 15.9. The van der Waals surface area contributed by atoms with Crippen LogP contribution in [-0.4, -0.2) is 24.4 Å². The van der Waals surface area contributed by atoms with Gasteiger partial charge in [-0.1, -0.05) is 24.3 Å². The van der Waals surface area contributed by atoms with Gasteiger partial charge in [0.25, 0.3) is 11.8 Å². The Labute approximate surface area is 139 Å². The standard InChI is InChI=1S/C19H17NO4/c1-2-24-17(21)12-9-13-7-10-14(11-8-13)20-18(22)15-5-3-4-6-16(15)19(20)23/h3-8,10-11H,2,9,12H2,1H3. The highest BCUT2D eigenvalue weighted by molar-refractivity contribution is 6.34. The third-order valence-corrected chi connectivity index (χ3v) is 3.91. The van der Waals surface area contributed by atoms with E-state index in [1.54, 1.807) is 43.3 Å². The molecular formula is C19H17NO4. The molecule has 0 fully saturated rings. The molecule has 2 amide bonds. The lowest BCUT2D eigenvalue weighted by molar-refractivity contribution is -0.143. The highest BCUT2D eigenvalue weighted by Crippen LogP contribution is 2.28. The molecule has 5 nitrogen and oxygen atoms in total. The van der Waals surface area contributed by atoms with Crippen LogP contribution in [0.5, 0.6) is 0 Å². The molecular weight excluding hydrogens is 306 g/mol. The molecule has 1 heterocycles. The van der Waals surface area contributed by atoms with E-state index in [1.165, 1.54) is 4.90 Å². The largest absolute Gasteiger partial charge is 0.466 e. The van der Waals surface area contributed by atoms with Crippen molar-refractivity contribution in [1.29, 1.82) is 0 Å². The summed E-state index contributed by atoms with van der Waals surface area (Å²) in [4.78, 5) is 37.4. The highest BCUT2D eigenvalue weighted by atomic mass is 16.5. The predicted molar refractivity (Wildman–Crippen MR) is 89.0 cm³/mol. The number of imide groups is 1. The second kappa shape index (κ2) is 6.66. The van der Waals surface area contributed by atoms with E-state index in [-0.39, 0.29) is 17.8 Å². The number of rotatable bonds is 5. The van der Waals surface area contributed by atoms with Crippen molar-refractivity contribution in [2.24, 2.45) is 0 Å². The average molecular weight is 323 g/mol.